The van der Waals surface area contributed by atoms with Gasteiger partial charge < -0.3 is 15.4 Å². The van der Waals surface area contributed by atoms with Crippen molar-refractivity contribution in [1.29, 1.82) is 0 Å². The van der Waals surface area contributed by atoms with E-state index in [9.17, 15) is 14.0 Å². The van der Waals surface area contributed by atoms with Crippen molar-refractivity contribution in [2.24, 2.45) is 5.73 Å². The number of likely N-dealkylation sites (N-methyl/N-ethyl adjacent to an activating group) is 1. The van der Waals surface area contributed by atoms with Crippen LogP contribution in [0, 0.1) is 5.82 Å². The highest BCUT2D eigenvalue weighted by atomic mass is 19.1. The predicted molar refractivity (Wildman–Crippen MR) is 92.4 cm³/mol. The zero-order chi connectivity index (χ0) is 18.4. The summed E-state index contributed by atoms with van der Waals surface area (Å²) < 4.78 is 19.3. The molecule has 132 valence electrons. The second kappa shape index (κ2) is 8.28. The van der Waals surface area contributed by atoms with Gasteiger partial charge in [-0.2, -0.15) is 0 Å². The van der Waals surface area contributed by atoms with E-state index in [1.807, 2.05) is 0 Å². The van der Waals surface area contributed by atoms with Crippen LogP contribution in [0.3, 0.4) is 0 Å². The van der Waals surface area contributed by atoms with E-state index in [1.54, 1.807) is 56.4 Å². The fourth-order valence-electron chi connectivity index (χ4n) is 2.39. The molecule has 5 nitrogen and oxygen atoms in total. The first-order valence-electron chi connectivity index (χ1n) is 7.88. The summed E-state index contributed by atoms with van der Waals surface area (Å²) in [5.41, 5.74) is 6.36. The second-order valence-corrected chi connectivity index (χ2v) is 5.78. The highest BCUT2D eigenvalue weighted by Gasteiger charge is 2.20. The molecular weight excluding hydrogens is 323 g/mol. The lowest BCUT2D eigenvalue weighted by Gasteiger charge is -2.25. The number of primary amides is 1. The maximum absolute atomic E-state index is 13.8. The number of ether oxygens (including phenoxy) is 1. The number of nitrogens with zero attached hydrogens (tertiary/aromatic N) is 1. The molecule has 1 atom stereocenters. The minimum atomic E-state index is -0.410. The van der Waals surface area contributed by atoms with Crippen LogP contribution in [-0.2, 0) is 16.0 Å². The molecule has 1 unspecified atom stereocenters. The van der Waals surface area contributed by atoms with Crippen LogP contribution in [-0.4, -0.2) is 30.4 Å². The Labute approximate surface area is 146 Å². The number of hydrogen-bond donors (Lipinski definition) is 1. The average Bonchev–Trinajstić information content (AvgIpc) is 2.59. The van der Waals surface area contributed by atoms with Gasteiger partial charge in [0.05, 0.1) is 12.5 Å². The monoisotopic (exact) mass is 344 g/mol. The molecule has 6 heteroatoms. The van der Waals surface area contributed by atoms with Crippen LogP contribution in [0.4, 0.5) is 4.39 Å². The van der Waals surface area contributed by atoms with Crippen LogP contribution in [0.15, 0.2) is 48.5 Å². The molecule has 25 heavy (non-hydrogen) atoms. The largest absolute Gasteiger partial charge is 0.484 e. The molecule has 0 radical (unpaired) electrons. The number of nitrogens with two attached hydrogens (primary N) is 1. The first-order valence-corrected chi connectivity index (χ1v) is 7.88. The van der Waals surface area contributed by atoms with E-state index < -0.39 is 11.9 Å². The molecule has 0 heterocycles. The maximum Gasteiger partial charge on any atom is 0.260 e. The van der Waals surface area contributed by atoms with Crippen molar-refractivity contribution in [3.8, 4) is 5.75 Å². The molecule has 2 aromatic carbocycles. The van der Waals surface area contributed by atoms with Gasteiger partial charge in [-0.1, -0.05) is 30.3 Å². The van der Waals surface area contributed by atoms with E-state index in [0.29, 0.717) is 11.3 Å². The molecule has 2 amide bonds. The third-order valence-electron chi connectivity index (χ3n) is 3.99. The van der Waals surface area contributed by atoms with E-state index >= 15 is 0 Å². The van der Waals surface area contributed by atoms with E-state index in [4.69, 9.17) is 10.5 Å². The molecule has 0 saturated carbocycles. The number of rotatable bonds is 7. The van der Waals surface area contributed by atoms with Gasteiger partial charge in [0.25, 0.3) is 5.91 Å². The molecule has 0 saturated heterocycles. The van der Waals surface area contributed by atoms with Gasteiger partial charge in [0.1, 0.15) is 11.6 Å². The van der Waals surface area contributed by atoms with Gasteiger partial charge in [-0.25, -0.2) is 4.39 Å². The number of hydrogen-bond acceptors (Lipinski definition) is 3. The third-order valence-corrected chi connectivity index (χ3v) is 3.99. The van der Waals surface area contributed by atoms with Crippen molar-refractivity contribution < 1.29 is 18.7 Å². The lowest BCUT2D eigenvalue weighted by molar-refractivity contribution is -0.134. The molecule has 0 aromatic heterocycles. The average molecular weight is 344 g/mol. The smallest absolute Gasteiger partial charge is 0.260 e. The van der Waals surface area contributed by atoms with Gasteiger partial charge >= 0.3 is 0 Å². The fraction of sp³-hybridized carbons (Fsp3) is 0.263. The topological polar surface area (TPSA) is 72.6 Å². The van der Waals surface area contributed by atoms with Gasteiger partial charge in [0.15, 0.2) is 6.61 Å². The van der Waals surface area contributed by atoms with Crippen LogP contribution >= 0.6 is 0 Å². The standard InChI is InChI=1S/C19H21FN2O3/c1-13(16-5-3-4-6-17(16)20)22(2)19(24)12-25-15-9-7-14(8-10-15)11-18(21)23/h3-10,13H,11-12H2,1-2H3,(H2,21,23). The van der Waals surface area contributed by atoms with E-state index in [2.05, 4.69) is 0 Å². The third kappa shape index (κ3) is 5.04. The van der Waals surface area contributed by atoms with Crippen LogP contribution in [0.5, 0.6) is 5.75 Å². The van der Waals surface area contributed by atoms with Gasteiger partial charge in [0, 0.05) is 12.6 Å². The Morgan fingerprint density at radius 2 is 1.80 bits per heavy atom. The molecule has 0 spiro atoms. The summed E-state index contributed by atoms with van der Waals surface area (Å²) in [5.74, 6) is -0.515. The molecule has 2 aromatic rings. The van der Waals surface area contributed by atoms with Crippen molar-refractivity contribution in [2.75, 3.05) is 13.7 Å². The minimum absolute atomic E-state index is 0.155. The minimum Gasteiger partial charge on any atom is -0.484 e. The Balaban J connectivity index is 1.93. The molecule has 0 fully saturated rings. The summed E-state index contributed by atoms with van der Waals surface area (Å²) in [4.78, 5) is 24.6. The molecule has 2 rings (SSSR count). The molecule has 2 N–H and O–H groups in total. The Morgan fingerprint density at radius 1 is 1.16 bits per heavy atom. The zero-order valence-electron chi connectivity index (χ0n) is 14.2. The Kier molecular flexibility index (Phi) is 6.11. The number of amides is 2. The van der Waals surface area contributed by atoms with Crippen molar-refractivity contribution in [3.63, 3.8) is 0 Å². The Hall–Kier alpha value is -2.89. The summed E-state index contributed by atoms with van der Waals surface area (Å²) in [6.45, 7) is 1.60. The Bertz CT molecular complexity index is 747. The molecule has 0 aliphatic carbocycles. The van der Waals surface area contributed by atoms with Crippen molar-refractivity contribution in [1.82, 2.24) is 4.90 Å². The van der Waals surface area contributed by atoms with Crippen molar-refractivity contribution in [3.05, 3.63) is 65.5 Å². The summed E-state index contributed by atoms with van der Waals surface area (Å²) in [6.07, 6.45) is 0.155. The van der Waals surface area contributed by atoms with Gasteiger partial charge in [0.2, 0.25) is 5.91 Å². The van der Waals surface area contributed by atoms with E-state index in [-0.39, 0.29) is 24.8 Å². The number of carbonyl (C=O) groups is 2. The summed E-state index contributed by atoms with van der Waals surface area (Å²) in [6, 6.07) is 12.7. The SMILES string of the molecule is CC(c1ccccc1F)N(C)C(=O)COc1ccc(CC(N)=O)cc1. The van der Waals surface area contributed by atoms with E-state index in [1.165, 1.54) is 11.0 Å². The predicted octanol–water partition coefficient (Wildman–Crippen LogP) is 2.45. The fourth-order valence-corrected chi connectivity index (χ4v) is 2.39. The molecular formula is C19H21FN2O3. The van der Waals surface area contributed by atoms with Gasteiger partial charge in [-0.05, 0) is 30.7 Å². The highest BCUT2D eigenvalue weighted by molar-refractivity contribution is 5.78. The Morgan fingerprint density at radius 3 is 2.40 bits per heavy atom. The zero-order valence-corrected chi connectivity index (χ0v) is 14.2. The number of carbonyl (C=O) groups excluding carboxylic acids is 2. The summed E-state index contributed by atoms with van der Waals surface area (Å²) in [7, 11) is 1.61. The second-order valence-electron chi connectivity index (χ2n) is 5.78. The van der Waals surface area contributed by atoms with Crippen LogP contribution in [0.1, 0.15) is 24.1 Å². The van der Waals surface area contributed by atoms with E-state index in [0.717, 1.165) is 5.56 Å². The number of halogens is 1. The maximum atomic E-state index is 13.8. The molecule has 0 aliphatic rings. The summed E-state index contributed by atoms with van der Waals surface area (Å²) in [5, 5.41) is 0. The van der Waals surface area contributed by atoms with Crippen molar-refractivity contribution in [2.45, 2.75) is 19.4 Å². The van der Waals surface area contributed by atoms with Crippen LogP contribution < -0.4 is 10.5 Å². The summed E-state index contributed by atoms with van der Waals surface area (Å²) >= 11 is 0. The lowest BCUT2D eigenvalue weighted by atomic mass is 10.1. The number of benzene rings is 2. The first-order chi connectivity index (χ1) is 11.9. The highest BCUT2D eigenvalue weighted by Crippen LogP contribution is 2.22. The normalized spacial score (nSPS) is 11.6. The molecule has 0 aliphatic heterocycles. The van der Waals surface area contributed by atoms with Crippen LogP contribution in [0.2, 0.25) is 0 Å². The quantitative estimate of drug-likeness (QED) is 0.838. The van der Waals surface area contributed by atoms with Crippen molar-refractivity contribution >= 4 is 11.8 Å². The van der Waals surface area contributed by atoms with Gasteiger partial charge in [-0.3, -0.25) is 9.59 Å². The van der Waals surface area contributed by atoms with Crippen LogP contribution in [0.25, 0.3) is 0 Å². The lowest BCUT2D eigenvalue weighted by Crippen LogP contribution is -2.34. The van der Waals surface area contributed by atoms with Gasteiger partial charge in [-0.15, -0.1) is 0 Å². The first kappa shape index (κ1) is 18.4. The molecule has 0 bridgehead atoms.